The number of carbonyl (C=O) groups excluding carboxylic acids is 1. The van der Waals surface area contributed by atoms with Crippen molar-refractivity contribution in [3.05, 3.63) is 16.1 Å². The second-order valence-corrected chi connectivity index (χ2v) is 5.39. The van der Waals surface area contributed by atoms with E-state index in [4.69, 9.17) is 5.11 Å². The third-order valence-corrected chi connectivity index (χ3v) is 3.64. The van der Waals surface area contributed by atoms with E-state index in [2.05, 4.69) is 10.3 Å². The maximum absolute atomic E-state index is 11.7. The number of nitrogens with one attached hydrogen (secondary N) is 1. The van der Waals surface area contributed by atoms with Crippen LogP contribution in [-0.2, 0) is 4.79 Å². The maximum Gasteiger partial charge on any atom is 0.303 e. The molecule has 0 atom stereocenters. The van der Waals surface area contributed by atoms with Crippen LogP contribution >= 0.6 is 11.3 Å². The molecule has 0 saturated carbocycles. The van der Waals surface area contributed by atoms with Gasteiger partial charge in [-0.15, -0.1) is 11.3 Å². The molecule has 1 aromatic heterocycles. The van der Waals surface area contributed by atoms with Crippen molar-refractivity contribution in [2.75, 3.05) is 6.54 Å². The normalized spacial score (nSPS) is 10.6. The Morgan fingerprint density at radius 1 is 1.44 bits per heavy atom. The van der Waals surface area contributed by atoms with Crippen LogP contribution in [0.25, 0.3) is 0 Å². The highest BCUT2D eigenvalue weighted by molar-refractivity contribution is 7.13. The van der Waals surface area contributed by atoms with Crippen LogP contribution in [0, 0.1) is 0 Å². The first-order chi connectivity index (χ1) is 8.50. The average Bonchev–Trinajstić information content (AvgIpc) is 2.77. The molecule has 0 spiro atoms. The smallest absolute Gasteiger partial charge is 0.303 e. The van der Waals surface area contributed by atoms with E-state index in [-0.39, 0.29) is 12.3 Å². The quantitative estimate of drug-likeness (QED) is 0.745. The second-order valence-electron chi connectivity index (χ2n) is 4.32. The summed E-state index contributed by atoms with van der Waals surface area (Å²) >= 11 is 1.40. The van der Waals surface area contributed by atoms with Gasteiger partial charge in [0.15, 0.2) is 0 Å². The van der Waals surface area contributed by atoms with Gasteiger partial charge in [0.25, 0.3) is 5.91 Å². The Morgan fingerprint density at radius 3 is 2.72 bits per heavy atom. The van der Waals surface area contributed by atoms with Crippen LogP contribution in [0.2, 0.25) is 0 Å². The highest BCUT2D eigenvalue weighted by Crippen LogP contribution is 2.20. The van der Waals surface area contributed by atoms with Crippen molar-refractivity contribution in [1.82, 2.24) is 10.3 Å². The monoisotopic (exact) mass is 270 g/mol. The van der Waals surface area contributed by atoms with E-state index >= 15 is 0 Å². The number of amides is 1. The molecular formula is C12H18N2O3S. The molecule has 0 aliphatic heterocycles. The summed E-state index contributed by atoms with van der Waals surface area (Å²) in [7, 11) is 0. The number of carbonyl (C=O) groups is 2. The molecule has 0 aliphatic rings. The molecule has 0 bridgehead atoms. The molecule has 0 unspecified atom stereocenters. The van der Waals surface area contributed by atoms with Gasteiger partial charge in [0.1, 0.15) is 4.88 Å². The molecule has 0 saturated heterocycles. The number of unbranched alkanes of at least 4 members (excludes halogenated alkanes) is 1. The summed E-state index contributed by atoms with van der Waals surface area (Å²) in [5, 5.41) is 12.2. The van der Waals surface area contributed by atoms with Gasteiger partial charge in [0.05, 0.1) is 11.2 Å². The topological polar surface area (TPSA) is 79.3 Å². The van der Waals surface area contributed by atoms with Crippen molar-refractivity contribution in [1.29, 1.82) is 0 Å². The van der Waals surface area contributed by atoms with E-state index in [1.54, 1.807) is 6.20 Å². The average molecular weight is 270 g/mol. The molecule has 1 heterocycles. The molecule has 6 heteroatoms. The van der Waals surface area contributed by atoms with Gasteiger partial charge in [0, 0.05) is 18.9 Å². The van der Waals surface area contributed by atoms with Gasteiger partial charge in [-0.1, -0.05) is 13.8 Å². The van der Waals surface area contributed by atoms with Gasteiger partial charge in [-0.25, -0.2) is 4.98 Å². The summed E-state index contributed by atoms with van der Waals surface area (Å²) in [5.41, 5.74) is 0. The molecule has 0 aliphatic carbocycles. The number of thiazole rings is 1. The van der Waals surface area contributed by atoms with Gasteiger partial charge in [-0.2, -0.15) is 0 Å². The lowest BCUT2D eigenvalue weighted by molar-refractivity contribution is -0.137. The van der Waals surface area contributed by atoms with Crippen LogP contribution in [0.1, 0.15) is 53.7 Å². The molecule has 1 rings (SSSR count). The van der Waals surface area contributed by atoms with Gasteiger partial charge in [0.2, 0.25) is 0 Å². The zero-order valence-electron chi connectivity index (χ0n) is 10.6. The Bertz CT molecular complexity index is 415. The fourth-order valence-corrected chi connectivity index (χ4v) is 2.19. The van der Waals surface area contributed by atoms with Crippen LogP contribution < -0.4 is 5.32 Å². The first kappa shape index (κ1) is 14.6. The number of aromatic nitrogens is 1. The highest BCUT2D eigenvalue weighted by atomic mass is 32.1. The first-order valence-corrected chi connectivity index (χ1v) is 6.78. The summed E-state index contributed by atoms with van der Waals surface area (Å²) in [5.74, 6) is -0.604. The molecule has 100 valence electrons. The van der Waals surface area contributed by atoms with E-state index in [1.165, 1.54) is 11.3 Å². The molecule has 1 amide bonds. The van der Waals surface area contributed by atoms with Crippen LogP contribution in [-0.4, -0.2) is 28.5 Å². The maximum atomic E-state index is 11.7. The van der Waals surface area contributed by atoms with Crippen molar-refractivity contribution in [3.8, 4) is 0 Å². The lowest BCUT2D eigenvalue weighted by Gasteiger charge is -2.02. The van der Waals surface area contributed by atoms with Crippen molar-refractivity contribution in [2.24, 2.45) is 0 Å². The van der Waals surface area contributed by atoms with Gasteiger partial charge in [-0.3, -0.25) is 9.59 Å². The number of aliphatic carboxylic acids is 1. The standard InChI is InChI=1S/C12H18N2O3S/c1-8(2)12-14-7-9(18-12)11(17)13-6-4-3-5-10(15)16/h7-8H,3-6H2,1-2H3,(H,13,17)(H,15,16). The van der Waals surface area contributed by atoms with Crippen molar-refractivity contribution < 1.29 is 14.7 Å². The van der Waals surface area contributed by atoms with Gasteiger partial charge >= 0.3 is 5.97 Å². The zero-order valence-corrected chi connectivity index (χ0v) is 11.4. The van der Waals surface area contributed by atoms with E-state index in [9.17, 15) is 9.59 Å². The second kappa shape index (κ2) is 7.10. The van der Waals surface area contributed by atoms with Crippen LogP contribution in [0.3, 0.4) is 0 Å². The Kier molecular flexibility index (Phi) is 5.77. The number of nitrogens with zero attached hydrogens (tertiary/aromatic N) is 1. The molecule has 2 N–H and O–H groups in total. The highest BCUT2D eigenvalue weighted by Gasteiger charge is 2.11. The minimum absolute atomic E-state index is 0.130. The number of carboxylic acid groups (broad SMARTS) is 1. The Morgan fingerprint density at radius 2 is 2.17 bits per heavy atom. The Balaban J connectivity index is 2.29. The molecule has 0 aromatic carbocycles. The van der Waals surface area contributed by atoms with Crippen LogP contribution in [0.15, 0.2) is 6.20 Å². The zero-order chi connectivity index (χ0) is 13.5. The number of hydrogen-bond donors (Lipinski definition) is 2. The summed E-state index contributed by atoms with van der Waals surface area (Å²) < 4.78 is 0. The third kappa shape index (κ3) is 4.83. The SMILES string of the molecule is CC(C)c1ncc(C(=O)NCCCCC(=O)O)s1. The van der Waals surface area contributed by atoms with Gasteiger partial charge < -0.3 is 10.4 Å². The molecule has 5 nitrogen and oxygen atoms in total. The molecule has 1 aromatic rings. The molecule has 0 fully saturated rings. The van der Waals surface area contributed by atoms with Crippen LogP contribution in [0.5, 0.6) is 0 Å². The third-order valence-electron chi connectivity index (χ3n) is 2.34. The number of hydrogen-bond acceptors (Lipinski definition) is 4. The Hall–Kier alpha value is -1.43. The predicted octanol–water partition coefficient (Wildman–Crippen LogP) is 2.25. The van der Waals surface area contributed by atoms with Gasteiger partial charge in [-0.05, 0) is 12.8 Å². The van der Waals surface area contributed by atoms with Crippen molar-refractivity contribution in [2.45, 2.75) is 39.0 Å². The van der Waals surface area contributed by atoms with Crippen molar-refractivity contribution >= 4 is 23.2 Å². The first-order valence-electron chi connectivity index (χ1n) is 5.96. The van der Waals surface area contributed by atoms with E-state index in [0.29, 0.717) is 30.2 Å². The minimum Gasteiger partial charge on any atom is -0.481 e. The fraction of sp³-hybridized carbons (Fsp3) is 0.583. The van der Waals surface area contributed by atoms with Crippen molar-refractivity contribution in [3.63, 3.8) is 0 Å². The largest absolute Gasteiger partial charge is 0.481 e. The van der Waals surface area contributed by atoms with E-state index in [0.717, 1.165) is 5.01 Å². The lowest BCUT2D eigenvalue weighted by atomic mass is 10.2. The Labute approximate surface area is 110 Å². The molecular weight excluding hydrogens is 252 g/mol. The predicted molar refractivity (Wildman–Crippen MR) is 70.0 cm³/mol. The lowest BCUT2D eigenvalue weighted by Crippen LogP contribution is -2.23. The minimum atomic E-state index is -0.801. The van der Waals surface area contributed by atoms with Crippen LogP contribution in [0.4, 0.5) is 0 Å². The molecule has 18 heavy (non-hydrogen) atoms. The summed E-state index contributed by atoms with van der Waals surface area (Å²) in [6, 6.07) is 0. The van der Waals surface area contributed by atoms with E-state index in [1.807, 2.05) is 13.8 Å². The number of carboxylic acids is 1. The summed E-state index contributed by atoms with van der Waals surface area (Å²) in [4.78, 5) is 26.8. The number of rotatable bonds is 7. The fourth-order valence-electron chi connectivity index (χ4n) is 1.35. The summed E-state index contributed by atoms with van der Waals surface area (Å²) in [6.07, 6.45) is 2.99. The van der Waals surface area contributed by atoms with E-state index < -0.39 is 5.97 Å². The summed E-state index contributed by atoms with van der Waals surface area (Å²) in [6.45, 7) is 4.57. The molecule has 0 radical (unpaired) electrons.